The van der Waals surface area contributed by atoms with Crippen molar-refractivity contribution in [3.63, 3.8) is 0 Å². The van der Waals surface area contributed by atoms with Gasteiger partial charge in [-0.25, -0.2) is 0 Å². The molecule has 0 N–H and O–H groups in total. The lowest BCUT2D eigenvalue weighted by Gasteiger charge is -1.99. The van der Waals surface area contributed by atoms with Crippen molar-refractivity contribution in [2.45, 2.75) is 17.9 Å². The molecule has 0 nitrogen and oxygen atoms in total. The number of hydrogen-bond acceptors (Lipinski definition) is 0. The monoisotopic (exact) mass is 224 g/mol. The van der Waals surface area contributed by atoms with Crippen LogP contribution in [0.15, 0.2) is 30.3 Å². The van der Waals surface area contributed by atoms with Gasteiger partial charge in [0.2, 0.25) is 0 Å². The van der Waals surface area contributed by atoms with E-state index in [-0.39, 0.29) is 37.3 Å². The van der Waals surface area contributed by atoms with Crippen molar-refractivity contribution < 1.29 is 0 Å². The summed E-state index contributed by atoms with van der Waals surface area (Å²) in [6.07, 6.45) is 0. The summed E-state index contributed by atoms with van der Waals surface area (Å²) in [6.45, 7) is 4.61. The zero-order valence-corrected chi connectivity index (χ0v) is 10.2. The Hall–Kier alpha value is 0.466. The van der Waals surface area contributed by atoms with Crippen LogP contribution < -0.4 is 3.69 Å². The summed E-state index contributed by atoms with van der Waals surface area (Å²) in [7, 11) is 0. The van der Waals surface area contributed by atoms with Crippen LogP contribution in [0.4, 0.5) is 0 Å². The molecule has 0 bridgehead atoms. The molecule has 0 atom stereocenters. The molecule has 1 aromatic rings. The van der Waals surface area contributed by atoms with E-state index >= 15 is 0 Å². The Labute approximate surface area is 88.9 Å². The SMILES string of the molecule is Br.C[CH](C)[Mg][c]1ccccc1. The fourth-order valence-corrected chi connectivity index (χ4v) is 2.57. The Kier molecular flexibility index (Phi) is 6.29. The normalized spacial score (nSPS) is 8.64. The summed E-state index contributed by atoms with van der Waals surface area (Å²) in [5.41, 5.74) is 0. The second-order valence-corrected chi connectivity index (χ2v) is 5.94. The van der Waals surface area contributed by atoms with Gasteiger partial charge in [0.1, 0.15) is 0 Å². The van der Waals surface area contributed by atoms with Gasteiger partial charge in [0.25, 0.3) is 0 Å². The van der Waals surface area contributed by atoms with E-state index in [4.69, 9.17) is 0 Å². The van der Waals surface area contributed by atoms with Crippen LogP contribution in [0.1, 0.15) is 13.8 Å². The molecule has 0 heterocycles. The van der Waals surface area contributed by atoms with Crippen LogP contribution in [0.25, 0.3) is 0 Å². The summed E-state index contributed by atoms with van der Waals surface area (Å²) in [5.74, 6) is 0. The highest BCUT2D eigenvalue weighted by Gasteiger charge is 2.01. The maximum absolute atomic E-state index is 2.30. The minimum Gasteiger partial charge on any atom is -0.174 e. The lowest BCUT2D eigenvalue weighted by molar-refractivity contribution is 1.07. The number of benzene rings is 1. The molecule has 11 heavy (non-hydrogen) atoms. The van der Waals surface area contributed by atoms with E-state index in [0.29, 0.717) is 0 Å². The molecule has 1 aromatic carbocycles. The van der Waals surface area contributed by atoms with E-state index in [1.807, 2.05) is 0 Å². The van der Waals surface area contributed by atoms with E-state index in [9.17, 15) is 0 Å². The minimum absolute atomic E-state index is 0. The maximum atomic E-state index is 2.30. The van der Waals surface area contributed by atoms with Gasteiger partial charge in [-0.2, -0.15) is 3.69 Å². The van der Waals surface area contributed by atoms with Crippen molar-refractivity contribution in [1.82, 2.24) is 0 Å². The summed E-state index contributed by atoms with van der Waals surface area (Å²) >= 11 is 0.0234. The van der Waals surface area contributed by atoms with Crippen molar-refractivity contribution >= 4 is 41.0 Å². The molecule has 0 saturated carbocycles. The van der Waals surface area contributed by atoms with Crippen molar-refractivity contribution in [1.29, 1.82) is 0 Å². The van der Waals surface area contributed by atoms with Crippen LogP contribution in [0.2, 0.25) is 4.05 Å². The topological polar surface area (TPSA) is 0 Å². The predicted molar refractivity (Wildman–Crippen MR) is 57.3 cm³/mol. The van der Waals surface area contributed by atoms with Crippen molar-refractivity contribution in [3.05, 3.63) is 30.3 Å². The Morgan fingerprint density at radius 2 is 1.64 bits per heavy atom. The lowest BCUT2D eigenvalue weighted by atomic mass is 10.4. The zero-order valence-electron chi connectivity index (χ0n) is 7.08. The third-order valence-electron chi connectivity index (χ3n) is 1.49. The Morgan fingerprint density at radius 3 is 2.09 bits per heavy atom. The van der Waals surface area contributed by atoms with Gasteiger partial charge < -0.3 is 0 Å². The van der Waals surface area contributed by atoms with Crippen molar-refractivity contribution in [2.24, 2.45) is 0 Å². The zero-order chi connectivity index (χ0) is 7.40. The van der Waals surface area contributed by atoms with E-state index < -0.39 is 0 Å². The highest BCUT2D eigenvalue weighted by atomic mass is 79.9. The molecule has 58 valence electrons. The third kappa shape index (κ3) is 4.83. The Bertz CT molecular complexity index is 184. The van der Waals surface area contributed by atoms with Crippen LogP contribution in [0, 0.1) is 0 Å². The molecule has 1 rings (SSSR count). The molecule has 0 aliphatic rings. The van der Waals surface area contributed by atoms with Gasteiger partial charge in [-0.05, 0) is 0 Å². The smallest absolute Gasteiger partial charge is 0.174 e. The average Bonchev–Trinajstić information content (AvgIpc) is 1.88. The van der Waals surface area contributed by atoms with Gasteiger partial charge in [-0.15, -0.1) is 21.0 Å². The average molecular weight is 225 g/mol. The molecule has 0 radical (unpaired) electrons. The van der Waals surface area contributed by atoms with E-state index in [0.717, 1.165) is 4.05 Å². The largest absolute Gasteiger partial charge is 0.411 e. The van der Waals surface area contributed by atoms with Gasteiger partial charge in [0, 0.05) is 0 Å². The molecule has 0 unspecified atom stereocenters. The molecule has 0 saturated heterocycles. The first-order chi connectivity index (χ1) is 4.79. The number of rotatable bonds is 2. The van der Waals surface area contributed by atoms with E-state index in [2.05, 4.69) is 44.2 Å². The lowest BCUT2D eigenvalue weighted by Crippen LogP contribution is -2.15. The van der Waals surface area contributed by atoms with Crippen LogP contribution in [-0.4, -0.2) is 20.4 Å². The summed E-state index contributed by atoms with van der Waals surface area (Å²) in [5, 5.41) is 0. The van der Waals surface area contributed by atoms with Crippen molar-refractivity contribution in [2.75, 3.05) is 0 Å². The first-order valence-corrected chi connectivity index (χ1v) is 5.35. The van der Waals surface area contributed by atoms with E-state index in [1.165, 1.54) is 0 Å². The molecule has 0 spiro atoms. The third-order valence-corrected chi connectivity index (χ3v) is 3.25. The predicted octanol–water partition coefficient (Wildman–Crippen LogP) is 2.42. The van der Waals surface area contributed by atoms with Gasteiger partial charge in [0.15, 0.2) is 0 Å². The highest BCUT2D eigenvalue weighted by Crippen LogP contribution is 1.96. The molecule has 0 aliphatic heterocycles. The second kappa shape index (κ2) is 6.03. The van der Waals surface area contributed by atoms with Gasteiger partial charge >= 0.3 is 20.4 Å². The maximum Gasteiger partial charge on any atom is 0.411 e. The van der Waals surface area contributed by atoms with Crippen molar-refractivity contribution in [3.8, 4) is 0 Å². The molecule has 0 amide bonds. The molecule has 2 heteroatoms. The summed E-state index contributed by atoms with van der Waals surface area (Å²) in [6, 6.07) is 10.8. The highest BCUT2D eigenvalue weighted by molar-refractivity contribution is 8.93. The van der Waals surface area contributed by atoms with Gasteiger partial charge in [0.05, 0.1) is 0 Å². The Morgan fingerprint density at radius 1 is 1.09 bits per heavy atom. The molecular weight excluding hydrogens is 212 g/mol. The molecule has 0 fully saturated rings. The molecular formula is C9H13BrMg. The standard InChI is InChI=1S/C6H5.C3H7.BrH.Mg/c1-2-4-6-5-3-1;1-3-2;;/h1-5H;3H,1-2H3;1H;. The van der Waals surface area contributed by atoms with Gasteiger partial charge in [-0.1, -0.05) is 44.2 Å². The first kappa shape index (κ1) is 11.5. The molecule has 0 aliphatic carbocycles. The van der Waals surface area contributed by atoms with Crippen LogP contribution in [0.3, 0.4) is 0 Å². The second-order valence-electron chi connectivity index (χ2n) is 3.08. The Balaban J connectivity index is 0.000001000. The van der Waals surface area contributed by atoms with Crippen LogP contribution in [-0.2, 0) is 0 Å². The first-order valence-electron chi connectivity index (χ1n) is 3.83. The van der Waals surface area contributed by atoms with Crippen LogP contribution in [0.5, 0.6) is 0 Å². The number of halogens is 1. The fraction of sp³-hybridized carbons (Fsp3) is 0.333. The minimum atomic E-state index is 0. The van der Waals surface area contributed by atoms with Crippen LogP contribution >= 0.6 is 17.0 Å². The summed E-state index contributed by atoms with van der Waals surface area (Å²) in [4.78, 5) is 0. The number of hydrogen-bond donors (Lipinski definition) is 0. The van der Waals surface area contributed by atoms with E-state index in [1.54, 1.807) is 3.69 Å². The quantitative estimate of drug-likeness (QED) is 0.678. The summed E-state index contributed by atoms with van der Waals surface area (Å²) < 4.78 is 2.49. The van der Waals surface area contributed by atoms with Gasteiger partial charge in [-0.3, -0.25) is 0 Å². The molecule has 0 aromatic heterocycles. The fourth-order valence-electron chi connectivity index (χ4n) is 1.09.